The van der Waals surface area contributed by atoms with Crippen molar-refractivity contribution in [1.82, 2.24) is 10.9 Å². The van der Waals surface area contributed by atoms with E-state index in [9.17, 15) is 9.59 Å². The zero-order chi connectivity index (χ0) is 16.1. The molecule has 2 atom stereocenters. The van der Waals surface area contributed by atoms with Crippen LogP contribution in [-0.4, -0.2) is 38.0 Å². The lowest BCUT2D eigenvalue weighted by molar-refractivity contribution is -0.144. The van der Waals surface area contributed by atoms with Gasteiger partial charge in [0.2, 0.25) is 5.84 Å². The van der Waals surface area contributed by atoms with Gasteiger partial charge in [0.15, 0.2) is 0 Å². The maximum atomic E-state index is 11.9. The molecule has 8 nitrogen and oxygen atoms in total. The first-order valence-electron chi connectivity index (χ1n) is 6.36. The van der Waals surface area contributed by atoms with E-state index in [-0.39, 0.29) is 5.84 Å². The first kappa shape index (κ1) is 15.5. The fraction of sp³-hybridized carbons (Fsp3) is 0.286. The van der Waals surface area contributed by atoms with E-state index in [1.807, 2.05) is 6.07 Å². The topological polar surface area (TPSA) is 113 Å². The Morgan fingerprint density at radius 3 is 2.45 bits per heavy atom. The summed E-state index contributed by atoms with van der Waals surface area (Å²) in [5.74, 6) is -1.24. The Morgan fingerprint density at radius 1 is 1.23 bits per heavy atom. The van der Waals surface area contributed by atoms with Gasteiger partial charge in [0, 0.05) is 0 Å². The van der Waals surface area contributed by atoms with Gasteiger partial charge in [-0.2, -0.15) is 5.26 Å². The van der Waals surface area contributed by atoms with Crippen molar-refractivity contribution < 1.29 is 19.1 Å². The number of hydrazine groups is 1. The molecule has 1 aliphatic rings. The summed E-state index contributed by atoms with van der Waals surface area (Å²) < 4.78 is 9.33. The van der Waals surface area contributed by atoms with E-state index in [1.54, 1.807) is 24.3 Å². The minimum absolute atomic E-state index is 0.0444. The predicted molar refractivity (Wildman–Crippen MR) is 75.4 cm³/mol. The molecule has 0 aromatic heterocycles. The van der Waals surface area contributed by atoms with Gasteiger partial charge in [0.05, 0.1) is 25.9 Å². The smallest absolute Gasteiger partial charge is 0.374 e. The minimum atomic E-state index is -0.814. The number of nitrogens with zero attached hydrogens (tertiary/aromatic N) is 2. The molecule has 0 aliphatic carbocycles. The normalized spacial score (nSPS) is 20.1. The van der Waals surface area contributed by atoms with Crippen molar-refractivity contribution in [2.24, 2.45) is 4.99 Å². The average Bonchev–Trinajstić information content (AvgIpc) is 2.59. The Kier molecular flexibility index (Phi) is 4.70. The van der Waals surface area contributed by atoms with Crippen molar-refractivity contribution in [3.05, 3.63) is 35.4 Å². The van der Waals surface area contributed by atoms with Crippen molar-refractivity contribution in [2.45, 2.75) is 12.1 Å². The molecule has 1 aliphatic heterocycles. The summed E-state index contributed by atoms with van der Waals surface area (Å²) in [7, 11) is 2.50. The molecular weight excluding hydrogens is 288 g/mol. The number of hydrogen-bond acceptors (Lipinski definition) is 8. The highest BCUT2D eigenvalue weighted by Gasteiger charge is 2.35. The van der Waals surface area contributed by atoms with E-state index in [1.165, 1.54) is 14.2 Å². The highest BCUT2D eigenvalue weighted by Crippen LogP contribution is 2.24. The van der Waals surface area contributed by atoms with Crippen LogP contribution in [0.15, 0.2) is 29.3 Å². The van der Waals surface area contributed by atoms with Gasteiger partial charge in [-0.25, -0.2) is 10.2 Å². The number of hydrogen-bond donors (Lipinski definition) is 2. The second-order valence-corrected chi connectivity index (χ2v) is 4.42. The Bertz CT molecular complexity index is 648. The third-order valence-corrected chi connectivity index (χ3v) is 3.15. The van der Waals surface area contributed by atoms with Crippen LogP contribution in [0.25, 0.3) is 0 Å². The monoisotopic (exact) mass is 302 g/mol. The number of esters is 2. The molecular formula is C14H14N4O4. The number of carbonyl (C=O) groups is 2. The number of carbonyl (C=O) groups excluding carboxylic acids is 2. The van der Waals surface area contributed by atoms with Gasteiger partial charge in [0.1, 0.15) is 12.1 Å². The van der Waals surface area contributed by atoms with E-state index < -0.39 is 24.0 Å². The van der Waals surface area contributed by atoms with Crippen LogP contribution < -0.4 is 10.9 Å². The molecule has 0 bridgehead atoms. The molecule has 0 radical (unpaired) electrons. The molecule has 114 valence electrons. The molecule has 0 saturated carbocycles. The standard InChI is InChI=1S/C14H14N4O4/c1-21-13(19)11-10(9-5-3-8(7-15)4-6-9)16-12(18-17-11)14(20)22-2/h3-6,10-11,17H,1-2H3,(H,16,18)/t10-,11+/m1/s1. The lowest BCUT2D eigenvalue weighted by Crippen LogP contribution is -2.56. The van der Waals surface area contributed by atoms with E-state index in [4.69, 9.17) is 10.00 Å². The van der Waals surface area contributed by atoms with Crippen molar-refractivity contribution in [2.75, 3.05) is 14.2 Å². The molecule has 1 aromatic rings. The fourth-order valence-corrected chi connectivity index (χ4v) is 2.01. The van der Waals surface area contributed by atoms with Crippen molar-refractivity contribution in [3.63, 3.8) is 0 Å². The Balaban J connectivity index is 2.39. The van der Waals surface area contributed by atoms with Gasteiger partial charge in [-0.1, -0.05) is 12.1 Å². The van der Waals surface area contributed by atoms with Gasteiger partial charge in [-0.15, -0.1) is 0 Å². The summed E-state index contributed by atoms with van der Waals surface area (Å²) in [6.07, 6.45) is 0. The van der Waals surface area contributed by atoms with Crippen LogP contribution in [-0.2, 0) is 19.1 Å². The zero-order valence-corrected chi connectivity index (χ0v) is 12.0. The predicted octanol–water partition coefficient (Wildman–Crippen LogP) is -0.180. The first-order valence-corrected chi connectivity index (χ1v) is 6.36. The number of aliphatic imine (C=N–C) groups is 1. The minimum Gasteiger partial charge on any atom is -0.468 e. The van der Waals surface area contributed by atoms with Crippen LogP contribution in [0.2, 0.25) is 0 Å². The Labute approximate surface area is 126 Å². The SMILES string of the molecule is COC(=O)C1=N[C@H](c2ccc(C#N)cc2)[C@@H](C(=O)OC)NN1. The van der Waals surface area contributed by atoms with Crippen LogP contribution in [0.1, 0.15) is 17.2 Å². The highest BCUT2D eigenvalue weighted by molar-refractivity contribution is 6.35. The number of rotatable bonds is 3. The van der Waals surface area contributed by atoms with Gasteiger partial charge < -0.3 is 9.47 Å². The molecule has 0 amide bonds. The number of methoxy groups -OCH3 is 2. The highest BCUT2D eigenvalue weighted by atomic mass is 16.5. The van der Waals surface area contributed by atoms with Crippen molar-refractivity contribution >= 4 is 17.8 Å². The van der Waals surface area contributed by atoms with Gasteiger partial charge in [-0.3, -0.25) is 15.2 Å². The molecule has 1 aromatic carbocycles. The third kappa shape index (κ3) is 3.05. The lowest BCUT2D eigenvalue weighted by Gasteiger charge is -2.29. The molecule has 22 heavy (non-hydrogen) atoms. The molecule has 1 heterocycles. The maximum absolute atomic E-state index is 11.9. The number of benzene rings is 1. The molecule has 0 spiro atoms. The number of ether oxygens (including phenoxy) is 2. The van der Waals surface area contributed by atoms with Crippen LogP contribution in [0, 0.1) is 11.3 Å². The van der Waals surface area contributed by atoms with Crippen LogP contribution in [0.3, 0.4) is 0 Å². The van der Waals surface area contributed by atoms with E-state index >= 15 is 0 Å². The van der Waals surface area contributed by atoms with E-state index in [2.05, 4.69) is 20.6 Å². The van der Waals surface area contributed by atoms with Crippen LogP contribution in [0.4, 0.5) is 0 Å². The van der Waals surface area contributed by atoms with Crippen molar-refractivity contribution in [1.29, 1.82) is 5.26 Å². The van der Waals surface area contributed by atoms with Gasteiger partial charge >= 0.3 is 11.9 Å². The summed E-state index contributed by atoms with van der Waals surface area (Å²) in [4.78, 5) is 27.6. The quantitative estimate of drug-likeness (QED) is 0.745. The van der Waals surface area contributed by atoms with Crippen molar-refractivity contribution in [3.8, 4) is 6.07 Å². The van der Waals surface area contributed by atoms with E-state index in [0.717, 1.165) is 0 Å². The number of amidine groups is 1. The third-order valence-electron chi connectivity index (χ3n) is 3.15. The van der Waals surface area contributed by atoms with E-state index in [0.29, 0.717) is 11.1 Å². The second kappa shape index (κ2) is 6.69. The number of nitriles is 1. The average molecular weight is 302 g/mol. The lowest BCUT2D eigenvalue weighted by atomic mass is 9.98. The van der Waals surface area contributed by atoms with Gasteiger partial charge in [0.25, 0.3) is 0 Å². The summed E-state index contributed by atoms with van der Waals surface area (Å²) in [6, 6.07) is 7.07. The largest absolute Gasteiger partial charge is 0.468 e. The summed E-state index contributed by atoms with van der Waals surface area (Å²) in [5.41, 5.74) is 6.36. The molecule has 8 heteroatoms. The molecule has 0 saturated heterocycles. The molecule has 0 fully saturated rings. The molecule has 0 unspecified atom stereocenters. The summed E-state index contributed by atoms with van der Waals surface area (Å²) >= 11 is 0. The molecule has 2 N–H and O–H groups in total. The second-order valence-electron chi connectivity index (χ2n) is 4.42. The van der Waals surface area contributed by atoms with Crippen LogP contribution >= 0.6 is 0 Å². The number of nitrogens with one attached hydrogen (secondary N) is 2. The summed E-state index contributed by atoms with van der Waals surface area (Å²) in [5, 5.41) is 8.83. The van der Waals surface area contributed by atoms with Crippen LogP contribution in [0.5, 0.6) is 0 Å². The zero-order valence-electron chi connectivity index (χ0n) is 12.0. The Hall–Kier alpha value is -2.92. The Morgan fingerprint density at radius 2 is 1.91 bits per heavy atom. The molecule has 2 rings (SSSR count). The van der Waals surface area contributed by atoms with Gasteiger partial charge in [-0.05, 0) is 17.7 Å². The first-order chi connectivity index (χ1) is 10.6. The summed E-state index contributed by atoms with van der Waals surface area (Å²) in [6.45, 7) is 0. The maximum Gasteiger partial charge on any atom is 0.374 e. The fourth-order valence-electron chi connectivity index (χ4n) is 2.01.